The fourth-order valence-electron chi connectivity index (χ4n) is 1.84. The van der Waals surface area contributed by atoms with E-state index in [1.165, 1.54) is 19.3 Å². The largest absolute Gasteiger partial charge is 0.324 e. The van der Waals surface area contributed by atoms with Gasteiger partial charge in [-0.3, -0.25) is 0 Å². The smallest absolute Gasteiger partial charge is 0.0424 e. The van der Waals surface area contributed by atoms with Crippen molar-refractivity contribution < 1.29 is 0 Å². The highest BCUT2D eigenvalue weighted by Crippen LogP contribution is 2.37. The van der Waals surface area contributed by atoms with E-state index in [2.05, 4.69) is 0 Å². The molecule has 1 atom stereocenters. The number of hydrogen-bond donors (Lipinski definition) is 1. The molecule has 3 heteroatoms. The van der Waals surface area contributed by atoms with Crippen LogP contribution in [0.25, 0.3) is 0 Å². The van der Waals surface area contributed by atoms with Crippen LogP contribution in [0.4, 0.5) is 0 Å². The zero-order chi connectivity index (χ0) is 10.1. The molecule has 0 saturated heterocycles. The van der Waals surface area contributed by atoms with Gasteiger partial charge in [0.25, 0.3) is 0 Å². The van der Waals surface area contributed by atoms with Crippen LogP contribution >= 0.6 is 23.2 Å². The lowest BCUT2D eigenvalue weighted by Crippen LogP contribution is -2.26. The Bertz CT molecular complexity index is 314. The maximum Gasteiger partial charge on any atom is 0.0424 e. The Hall–Kier alpha value is -0.240. The zero-order valence-corrected chi connectivity index (χ0v) is 9.35. The lowest BCUT2D eigenvalue weighted by molar-refractivity contribution is 0.264. The molecule has 0 amide bonds. The van der Waals surface area contributed by atoms with Crippen molar-refractivity contribution in [3.8, 4) is 0 Å². The van der Waals surface area contributed by atoms with Gasteiger partial charge in [-0.2, -0.15) is 0 Å². The Labute approximate surface area is 94.2 Å². The molecular formula is C11H13Cl2N. The molecule has 1 nitrogen and oxygen atoms in total. The SMILES string of the molecule is NC(c1cc(Cl)cc(Cl)c1)C1CCC1. The average molecular weight is 230 g/mol. The first-order chi connectivity index (χ1) is 6.66. The van der Waals surface area contributed by atoms with E-state index in [4.69, 9.17) is 28.9 Å². The number of rotatable bonds is 2. The van der Waals surface area contributed by atoms with E-state index < -0.39 is 0 Å². The van der Waals surface area contributed by atoms with Crippen molar-refractivity contribution in [3.63, 3.8) is 0 Å². The maximum atomic E-state index is 6.12. The van der Waals surface area contributed by atoms with E-state index in [0.717, 1.165) is 5.56 Å². The van der Waals surface area contributed by atoms with Crippen molar-refractivity contribution in [1.82, 2.24) is 0 Å². The highest BCUT2D eigenvalue weighted by molar-refractivity contribution is 6.34. The van der Waals surface area contributed by atoms with Crippen LogP contribution < -0.4 is 5.73 Å². The minimum Gasteiger partial charge on any atom is -0.324 e. The first-order valence-electron chi connectivity index (χ1n) is 4.88. The van der Waals surface area contributed by atoms with E-state index in [0.29, 0.717) is 16.0 Å². The summed E-state index contributed by atoms with van der Waals surface area (Å²) in [4.78, 5) is 0. The summed E-state index contributed by atoms with van der Waals surface area (Å²) in [5.74, 6) is 0.615. The topological polar surface area (TPSA) is 26.0 Å². The molecule has 2 rings (SSSR count). The molecule has 2 N–H and O–H groups in total. The van der Waals surface area contributed by atoms with Crippen molar-refractivity contribution in [2.75, 3.05) is 0 Å². The Kier molecular flexibility index (Phi) is 3.01. The molecule has 1 fully saturated rings. The fraction of sp³-hybridized carbons (Fsp3) is 0.455. The van der Waals surface area contributed by atoms with Crippen LogP contribution in [-0.4, -0.2) is 0 Å². The number of hydrogen-bond acceptors (Lipinski definition) is 1. The molecule has 1 aromatic carbocycles. The highest BCUT2D eigenvalue weighted by atomic mass is 35.5. The Morgan fingerprint density at radius 1 is 1.14 bits per heavy atom. The monoisotopic (exact) mass is 229 g/mol. The number of halogens is 2. The Balaban J connectivity index is 2.21. The maximum absolute atomic E-state index is 6.12. The normalized spacial score (nSPS) is 19.1. The summed E-state index contributed by atoms with van der Waals surface area (Å²) in [5, 5.41) is 1.34. The first-order valence-corrected chi connectivity index (χ1v) is 5.64. The Morgan fingerprint density at radius 3 is 2.14 bits per heavy atom. The van der Waals surface area contributed by atoms with Crippen molar-refractivity contribution in [1.29, 1.82) is 0 Å². The minimum absolute atomic E-state index is 0.0972. The van der Waals surface area contributed by atoms with Crippen molar-refractivity contribution in [2.24, 2.45) is 11.7 Å². The van der Waals surface area contributed by atoms with Gasteiger partial charge in [0, 0.05) is 16.1 Å². The van der Waals surface area contributed by atoms with Crippen LogP contribution in [0, 0.1) is 5.92 Å². The predicted octanol–water partition coefficient (Wildman–Crippen LogP) is 3.79. The van der Waals surface area contributed by atoms with Gasteiger partial charge in [0.15, 0.2) is 0 Å². The van der Waals surface area contributed by atoms with Gasteiger partial charge in [0.2, 0.25) is 0 Å². The average Bonchev–Trinajstić information content (AvgIpc) is 1.98. The molecule has 76 valence electrons. The van der Waals surface area contributed by atoms with Gasteiger partial charge in [-0.15, -0.1) is 0 Å². The van der Waals surface area contributed by atoms with Crippen molar-refractivity contribution in [2.45, 2.75) is 25.3 Å². The van der Waals surface area contributed by atoms with Crippen LogP contribution in [0.1, 0.15) is 30.9 Å². The minimum atomic E-state index is 0.0972. The molecule has 0 radical (unpaired) electrons. The van der Waals surface area contributed by atoms with Gasteiger partial charge in [-0.05, 0) is 42.5 Å². The van der Waals surface area contributed by atoms with E-state index in [1.807, 2.05) is 12.1 Å². The highest BCUT2D eigenvalue weighted by Gasteiger charge is 2.25. The molecule has 1 saturated carbocycles. The summed E-state index contributed by atoms with van der Waals surface area (Å²) >= 11 is 11.8. The van der Waals surface area contributed by atoms with Gasteiger partial charge in [0.05, 0.1) is 0 Å². The third-order valence-electron chi connectivity index (χ3n) is 2.93. The zero-order valence-electron chi connectivity index (χ0n) is 7.84. The molecule has 14 heavy (non-hydrogen) atoms. The molecule has 0 heterocycles. The van der Waals surface area contributed by atoms with Gasteiger partial charge < -0.3 is 5.73 Å². The third kappa shape index (κ3) is 2.05. The standard InChI is InChI=1S/C11H13Cl2N/c12-9-4-8(5-10(13)6-9)11(14)7-2-1-3-7/h4-7,11H,1-3,14H2. The fourth-order valence-corrected chi connectivity index (χ4v) is 2.38. The summed E-state index contributed by atoms with van der Waals surface area (Å²) in [6, 6.07) is 5.66. The van der Waals surface area contributed by atoms with E-state index in [-0.39, 0.29) is 6.04 Å². The lowest BCUT2D eigenvalue weighted by Gasteiger charge is -2.31. The van der Waals surface area contributed by atoms with Crippen molar-refractivity contribution >= 4 is 23.2 Å². The molecule has 1 aromatic rings. The molecule has 0 spiro atoms. The van der Waals surface area contributed by atoms with E-state index >= 15 is 0 Å². The van der Waals surface area contributed by atoms with Crippen molar-refractivity contribution in [3.05, 3.63) is 33.8 Å². The van der Waals surface area contributed by atoms with Gasteiger partial charge in [-0.1, -0.05) is 29.6 Å². The van der Waals surface area contributed by atoms with Gasteiger partial charge in [0.1, 0.15) is 0 Å². The predicted molar refractivity (Wildman–Crippen MR) is 60.7 cm³/mol. The second kappa shape index (κ2) is 4.09. The van der Waals surface area contributed by atoms with Crippen LogP contribution in [0.2, 0.25) is 10.0 Å². The third-order valence-corrected chi connectivity index (χ3v) is 3.36. The molecule has 1 unspecified atom stereocenters. The van der Waals surface area contributed by atoms with Gasteiger partial charge >= 0.3 is 0 Å². The quantitative estimate of drug-likeness (QED) is 0.821. The number of nitrogens with two attached hydrogens (primary N) is 1. The number of benzene rings is 1. The summed E-state index contributed by atoms with van der Waals surface area (Å²) in [7, 11) is 0. The Morgan fingerprint density at radius 2 is 1.71 bits per heavy atom. The molecule has 1 aliphatic rings. The molecular weight excluding hydrogens is 217 g/mol. The molecule has 0 aliphatic heterocycles. The molecule has 0 bridgehead atoms. The van der Waals surface area contributed by atoms with Crippen LogP contribution in [0.3, 0.4) is 0 Å². The van der Waals surface area contributed by atoms with Crippen LogP contribution in [0.15, 0.2) is 18.2 Å². The molecule has 1 aliphatic carbocycles. The van der Waals surface area contributed by atoms with Crippen LogP contribution in [-0.2, 0) is 0 Å². The van der Waals surface area contributed by atoms with Gasteiger partial charge in [-0.25, -0.2) is 0 Å². The summed E-state index contributed by atoms with van der Waals surface area (Å²) in [5.41, 5.74) is 7.18. The second-order valence-electron chi connectivity index (χ2n) is 3.92. The first kappa shape index (κ1) is 10.3. The van der Waals surface area contributed by atoms with E-state index in [1.54, 1.807) is 6.07 Å². The summed E-state index contributed by atoms with van der Waals surface area (Å²) in [6.45, 7) is 0. The summed E-state index contributed by atoms with van der Waals surface area (Å²) in [6.07, 6.45) is 3.75. The van der Waals surface area contributed by atoms with E-state index in [9.17, 15) is 0 Å². The molecule has 0 aromatic heterocycles. The second-order valence-corrected chi connectivity index (χ2v) is 4.79. The lowest BCUT2D eigenvalue weighted by atomic mass is 9.78. The summed E-state index contributed by atoms with van der Waals surface area (Å²) < 4.78 is 0. The van der Waals surface area contributed by atoms with Crippen LogP contribution in [0.5, 0.6) is 0 Å².